The maximum atomic E-state index is 4.58. The molecular weight excluding hydrogens is 457 g/mol. The van der Waals surface area contributed by atoms with E-state index in [9.17, 15) is 0 Å². The van der Waals surface area contributed by atoms with Gasteiger partial charge in [-0.05, 0) is 75.6 Å². The molecule has 0 bridgehead atoms. The Labute approximate surface area is 194 Å². The molecule has 0 aliphatic heterocycles. The Kier molecular flexibility index (Phi) is 3.87. The van der Waals surface area contributed by atoms with E-state index in [1.54, 1.807) is 22.7 Å². The summed E-state index contributed by atoms with van der Waals surface area (Å²) in [5, 5.41) is 12.0. The average molecular weight is 471 g/mol. The predicted molar refractivity (Wildman–Crippen MR) is 139 cm³/mol. The maximum absolute atomic E-state index is 4.58. The van der Waals surface area contributed by atoms with E-state index in [0.717, 1.165) is 10.0 Å². The van der Waals surface area contributed by atoms with Crippen LogP contribution in [0, 0.1) is 6.92 Å². The highest BCUT2D eigenvalue weighted by atomic mass is 32.1. The van der Waals surface area contributed by atoms with Crippen molar-refractivity contribution in [3.63, 3.8) is 0 Å². The fourth-order valence-corrected chi connectivity index (χ4v) is 7.85. The number of hydrogen-bond donors (Lipinski definition) is 0. The number of nitrogens with zero attached hydrogens (tertiary/aromatic N) is 2. The summed E-state index contributed by atoms with van der Waals surface area (Å²) in [5.41, 5.74) is 0. The van der Waals surface area contributed by atoms with E-state index in [1.165, 1.54) is 56.3 Å². The molecule has 7 rings (SSSR count). The van der Waals surface area contributed by atoms with Gasteiger partial charge in [0.2, 0.25) is 0 Å². The van der Waals surface area contributed by atoms with E-state index >= 15 is 0 Å². The SMILES string of the molecule is Cc1cnc(-c2cc3cc4ccc5cc6cc(-c7nccs7)sc6cc5c4cc3s2)s1. The molecule has 6 heteroatoms. The van der Waals surface area contributed by atoms with E-state index in [4.69, 9.17) is 0 Å². The summed E-state index contributed by atoms with van der Waals surface area (Å²) in [6.07, 6.45) is 3.84. The Morgan fingerprint density at radius 1 is 0.645 bits per heavy atom. The van der Waals surface area contributed by atoms with Crippen LogP contribution in [0.25, 0.3) is 61.5 Å². The first kappa shape index (κ1) is 18.0. The molecule has 4 aromatic heterocycles. The molecule has 31 heavy (non-hydrogen) atoms. The molecule has 7 aromatic rings. The van der Waals surface area contributed by atoms with Crippen LogP contribution in [0.15, 0.2) is 66.3 Å². The fourth-order valence-electron chi connectivity index (χ4n) is 4.16. The number of aromatic nitrogens is 2. The molecule has 0 saturated carbocycles. The number of benzene rings is 3. The van der Waals surface area contributed by atoms with Gasteiger partial charge in [0.1, 0.15) is 10.0 Å². The van der Waals surface area contributed by atoms with Gasteiger partial charge in [0.25, 0.3) is 0 Å². The van der Waals surface area contributed by atoms with Crippen molar-refractivity contribution in [1.29, 1.82) is 0 Å². The molecule has 2 nitrogen and oxygen atoms in total. The van der Waals surface area contributed by atoms with Gasteiger partial charge in [-0.1, -0.05) is 12.1 Å². The molecule has 0 atom stereocenters. The lowest BCUT2D eigenvalue weighted by molar-refractivity contribution is 1.39. The molecule has 4 heterocycles. The summed E-state index contributed by atoms with van der Waals surface area (Å²) in [4.78, 5) is 12.8. The van der Waals surface area contributed by atoms with Gasteiger partial charge in [0.05, 0.1) is 9.75 Å². The molecule has 0 saturated heterocycles. The van der Waals surface area contributed by atoms with Crippen LogP contribution in [0.1, 0.15) is 4.88 Å². The van der Waals surface area contributed by atoms with E-state index in [1.807, 2.05) is 40.4 Å². The molecule has 0 fully saturated rings. The summed E-state index contributed by atoms with van der Waals surface area (Å²) in [7, 11) is 0. The van der Waals surface area contributed by atoms with Gasteiger partial charge >= 0.3 is 0 Å². The Morgan fingerprint density at radius 3 is 1.84 bits per heavy atom. The number of thiazole rings is 2. The summed E-state index contributed by atoms with van der Waals surface area (Å²) in [6.45, 7) is 2.11. The molecule has 0 amide bonds. The zero-order valence-corrected chi connectivity index (χ0v) is 19.6. The van der Waals surface area contributed by atoms with Crippen LogP contribution in [-0.2, 0) is 0 Å². The first-order valence-electron chi connectivity index (χ1n) is 9.87. The average Bonchev–Trinajstić information content (AvgIpc) is 3.56. The fraction of sp³-hybridized carbons (Fsp3) is 0.0400. The Balaban J connectivity index is 1.46. The second kappa shape index (κ2) is 6.68. The number of thiophene rings is 2. The van der Waals surface area contributed by atoms with Crippen molar-refractivity contribution in [3.05, 3.63) is 71.2 Å². The molecule has 0 unspecified atom stereocenters. The van der Waals surface area contributed by atoms with Crippen LogP contribution >= 0.6 is 45.3 Å². The highest BCUT2D eigenvalue weighted by Gasteiger charge is 2.12. The lowest BCUT2D eigenvalue weighted by Gasteiger charge is -2.05. The van der Waals surface area contributed by atoms with Gasteiger partial charge in [0.15, 0.2) is 0 Å². The molecule has 0 aliphatic carbocycles. The number of hydrogen-bond acceptors (Lipinski definition) is 6. The van der Waals surface area contributed by atoms with Gasteiger partial charge in [-0.3, -0.25) is 0 Å². The van der Waals surface area contributed by atoms with Crippen molar-refractivity contribution in [2.45, 2.75) is 6.92 Å². The van der Waals surface area contributed by atoms with Crippen molar-refractivity contribution < 1.29 is 0 Å². The minimum atomic E-state index is 1.10. The third-order valence-electron chi connectivity index (χ3n) is 5.58. The monoisotopic (exact) mass is 470 g/mol. The third kappa shape index (κ3) is 2.87. The largest absolute Gasteiger partial charge is 0.244 e. The lowest BCUT2D eigenvalue weighted by atomic mass is 10.00. The van der Waals surface area contributed by atoms with Gasteiger partial charge in [0, 0.05) is 32.1 Å². The second-order valence-corrected chi connectivity index (χ2v) is 11.9. The first-order valence-corrected chi connectivity index (χ1v) is 13.2. The minimum Gasteiger partial charge on any atom is -0.244 e. The molecule has 0 radical (unpaired) electrons. The molecular formula is C25H14N2S4. The predicted octanol–water partition coefficient (Wildman–Crippen LogP) is 8.98. The highest BCUT2D eigenvalue weighted by Crippen LogP contribution is 2.41. The number of fused-ring (bicyclic) bond motifs is 5. The quantitative estimate of drug-likeness (QED) is 0.236. The van der Waals surface area contributed by atoms with E-state index in [-0.39, 0.29) is 0 Å². The summed E-state index contributed by atoms with van der Waals surface area (Å²) < 4.78 is 2.63. The minimum absolute atomic E-state index is 1.10. The topological polar surface area (TPSA) is 25.8 Å². The standard InChI is InChI=1S/C25H14N2S4/c1-13-12-27-25(29-13)23-9-17-7-15-3-2-14-6-16-8-22(24-26-4-5-28-24)30-20(16)10-18(14)19(15)11-21(17)31-23/h2-12H,1H3. The smallest absolute Gasteiger partial charge is 0.133 e. The lowest BCUT2D eigenvalue weighted by Crippen LogP contribution is -1.78. The zero-order chi connectivity index (χ0) is 20.5. The van der Waals surface area contributed by atoms with Crippen molar-refractivity contribution in [3.8, 4) is 19.8 Å². The second-order valence-electron chi connectivity index (χ2n) is 7.62. The maximum Gasteiger partial charge on any atom is 0.133 e. The Morgan fingerprint density at radius 2 is 1.29 bits per heavy atom. The molecule has 0 N–H and O–H groups in total. The van der Waals surface area contributed by atoms with Crippen molar-refractivity contribution >= 4 is 87.1 Å². The van der Waals surface area contributed by atoms with Gasteiger partial charge < -0.3 is 0 Å². The van der Waals surface area contributed by atoms with Crippen molar-refractivity contribution in [2.75, 3.05) is 0 Å². The normalized spacial score (nSPS) is 12.0. The van der Waals surface area contributed by atoms with E-state index < -0.39 is 0 Å². The Hall–Kier alpha value is -2.64. The number of aryl methyl sites for hydroxylation is 1. The van der Waals surface area contributed by atoms with E-state index in [0.29, 0.717) is 0 Å². The summed E-state index contributed by atoms with van der Waals surface area (Å²) in [5.74, 6) is 0. The highest BCUT2D eigenvalue weighted by molar-refractivity contribution is 7.26. The van der Waals surface area contributed by atoms with Crippen LogP contribution < -0.4 is 0 Å². The van der Waals surface area contributed by atoms with Crippen LogP contribution in [-0.4, -0.2) is 9.97 Å². The van der Waals surface area contributed by atoms with Crippen LogP contribution in [0.4, 0.5) is 0 Å². The van der Waals surface area contributed by atoms with Crippen LogP contribution in [0.5, 0.6) is 0 Å². The Bertz CT molecular complexity index is 1750. The molecule has 3 aromatic carbocycles. The summed E-state index contributed by atoms with van der Waals surface area (Å²) in [6, 6.07) is 18.4. The van der Waals surface area contributed by atoms with E-state index in [2.05, 4.69) is 65.4 Å². The van der Waals surface area contributed by atoms with Crippen molar-refractivity contribution in [1.82, 2.24) is 9.97 Å². The van der Waals surface area contributed by atoms with Crippen LogP contribution in [0.2, 0.25) is 0 Å². The first-order chi connectivity index (χ1) is 15.2. The third-order valence-corrected chi connectivity index (χ3v) is 9.80. The number of rotatable bonds is 2. The van der Waals surface area contributed by atoms with Gasteiger partial charge in [-0.25, -0.2) is 9.97 Å². The molecule has 0 spiro atoms. The van der Waals surface area contributed by atoms with Crippen molar-refractivity contribution in [2.24, 2.45) is 0 Å². The zero-order valence-electron chi connectivity index (χ0n) is 16.4. The van der Waals surface area contributed by atoms with Crippen LogP contribution in [0.3, 0.4) is 0 Å². The van der Waals surface area contributed by atoms with Gasteiger partial charge in [-0.2, -0.15) is 0 Å². The van der Waals surface area contributed by atoms with Gasteiger partial charge in [-0.15, -0.1) is 45.3 Å². The molecule has 0 aliphatic rings. The summed E-state index contributed by atoms with van der Waals surface area (Å²) >= 11 is 7.13. The molecule has 148 valence electrons.